The molecule has 0 aliphatic heterocycles. The number of primary amides is 1. The molecule has 8 heteroatoms. The molecule has 5 nitrogen and oxygen atoms in total. The Hall–Kier alpha value is -2.55. The summed E-state index contributed by atoms with van der Waals surface area (Å²) in [6.45, 7) is 2.21. The lowest BCUT2D eigenvalue weighted by Gasteiger charge is -2.18. The lowest BCUT2D eigenvalue weighted by molar-refractivity contribution is 0.1000. The van der Waals surface area contributed by atoms with Gasteiger partial charge in [0.25, 0.3) is 11.8 Å². The van der Waals surface area contributed by atoms with Gasteiger partial charge >= 0.3 is 0 Å². The third-order valence-electron chi connectivity index (χ3n) is 5.32. The van der Waals surface area contributed by atoms with Crippen LogP contribution in [-0.2, 0) is 12.8 Å². The second kappa shape index (κ2) is 7.61. The van der Waals surface area contributed by atoms with Gasteiger partial charge in [-0.2, -0.15) is 0 Å². The highest BCUT2D eigenvalue weighted by atomic mass is 32.1. The highest BCUT2D eigenvalue weighted by Crippen LogP contribution is 2.40. The Labute approximate surface area is 185 Å². The predicted octanol–water partition coefficient (Wildman–Crippen LogP) is 5.56. The summed E-state index contributed by atoms with van der Waals surface area (Å²) in [5, 5.41) is 4.42. The number of hydrogen-bond acceptors (Lipinski definition) is 6. The predicted molar refractivity (Wildman–Crippen MR) is 125 cm³/mol. The Morgan fingerprint density at radius 3 is 2.77 bits per heavy atom. The van der Waals surface area contributed by atoms with Crippen molar-refractivity contribution in [3.05, 3.63) is 57.3 Å². The van der Waals surface area contributed by atoms with Crippen molar-refractivity contribution >= 4 is 61.0 Å². The molecule has 0 radical (unpaired) electrons. The molecule has 1 unspecified atom stereocenters. The van der Waals surface area contributed by atoms with Gasteiger partial charge in [-0.05, 0) is 55.0 Å². The molecule has 0 spiro atoms. The van der Waals surface area contributed by atoms with E-state index in [-0.39, 0.29) is 5.91 Å². The van der Waals surface area contributed by atoms with E-state index < -0.39 is 5.91 Å². The second-order valence-electron chi connectivity index (χ2n) is 7.52. The smallest absolute Gasteiger partial charge is 0.266 e. The van der Waals surface area contributed by atoms with Crippen LogP contribution in [0.15, 0.2) is 36.4 Å². The fourth-order valence-electron chi connectivity index (χ4n) is 3.82. The van der Waals surface area contributed by atoms with Crippen LogP contribution in [-0.4, -0.2) is 16.8 Å². The van der Waals surface area contributed by atoms with E-state index in [1.54, 1.807) is 17.4 Å². The van der Waals surface area contributed by atoms with Crippen molar-refractivity contribution in [1.82, 2.24) is 4.98 Å². The summed E-state index contributed by atoms with van der Waals surface area (Å²) in [4.78, 5) is 32.4. The lowest BCUT2D eigenvalue weighted by Crippen LogP contribution is -2.19. The van der Waals surface area contributed by atoms with Crippen LogP contribution in [0.3, 0.4) is 0 Å². The number of nitrogens with zero attached hydrogens (tertiary/aromatic N) is 1. The molecule has 0 fully saturated rings. The van der Waals surface area contributed by atoms with E-state index in [1.807, 2.05) is 30.3 Å². The molecule has 0 bridgehead atoms. The minimum atomic E-state index is -0.473. The molecule has 4 aromatic rings. The fourth-order valence-corrected chi connectivity index (χ4v) is 7.15. The molecule has 5 rings (SSSR count). The maximum atomic E-state index is 12.9. The normalized spacial score (nSPS) is 15.8. The molecular formula is C22H19N3O2S3. The quantitative estimate of drug-likeness (QED) is 0.424. The zero-order valence-corrected chi connectivity index (χ0v) is 18.7. The van der Waals surface area contributed by atoms with E-state index in [0.717, 1.165) is 44.9 Å². The number of nitrogens with two attached hydrogens (primary N) is 1. The number of rotatable bonds is 4. The second-order valence-corrected chi connectivity index (χ2v) is 10.7. The SMILES string of the molecule is CC1CCc2c(sc(NC(=O)c3ccc(-c4nc5ccccc5s4)s3)c2C(N)=O)C1. The van der Waals surface area contributed by atoms with Crippen LogP contribution < -0.4 is 11.1 Å². The molecular weight excluding hydrogens is 434 g/mol. The number of anilines is 1. The molecule has 1 aliphatic carbocycles. The molecule has 0 saturated heterocycles. The molecule has 0 saturated carbocycles. The summed E-state index contributed by atoms with van der Waals surface area (Å²) in [5.41, 5.74) is 8.12. The van der Waals surface area contributed by atoms with E-state index in [4.69, 9.17) is 5.73 Å². The van der Waals surface area contributed by atoms with E-state index >= 15 is 0 Å². The number of amides is 2. The number of carbonyl (C=O) groups excluding carboxylic acids is 2. The van der Waals surface area contributed by atoms with E-state index in [0.29, 0.717) is 21.4 Å². The Kier molecular flexibility index (Phi) is 4.92. The third kappa shape index (κ3) is 3.45. The maximum absolute atomic E-state index is 12.9. The van der Waals surface area contributed by atoms with Gasteiger partial charge in [0.15, 0.2) is 0 Å². The molecule has 152 valence electrons. The third-order valence-corrected chi connectivity index (χ3v) is 8.78. The zero-order chi connectivity index (χ0) is 20.8. The van der Waals surface area contributed by atoms with Crippen LogP contribution >= 0.6 is 34.0 Å². The van der Waals surface area contributed by atoms with Crippen molar-refractivity contribution in [1.29, 1.82) is 0 Å². The zero-order valence-electron chi connectivity index (χ0n) is 16.2. The first-order chi connectivity index (χ1) is 14.5. The number of fused-ring (bicyclic) bond motifs is 2. The summed E-state index contributed by atoms with van der Waals surface area (Å²) >= 11 is 4.50. The average Bonchev–Trinajstić information content (AvgIpc) is 3.43. The minimum absolute atomic E-state index is 0.221. The van der Waals surface area contributed by atoms with Gasteiger partial charge in [-0.1, -0.05) is 19.1 Å². The van der Waals surface area contributed by atoms with Gasteiger partial charge in [0.1, 0.15) is 10.0 Å². The van der Waals surface area contributed by atoms with Crippen molar-refractivity contribution in [2.24, 2.45) is 11.7 Å². The lowest BCUT2D eigenvalue weighted by atomic mass is 9.88. The number of benzene rings is 1. The first-order valence-electron chi connectivity index (χ1n) is 9.71. The van der Waals surface area contributed by atoms with Gasteiger partial charge in [0.05, 0.1) is 25.5 Å². The topological polar surface area (TPSA) is 85.1 Å². The van der Waals surface area contributed by atoms with Crippen molar-refractivity contribution in [3.8, 4) is 9.88 Å². The molecule has 30 heavy (non-hydrogen) atoms. The van der Waals surface area contributed by atoms with Gasteiger partial charge in [0.2, 0.25) is 0 Å². The maximum Gasteiger partial charge on any atom is 0.266 e. The average molecular weight is 454 g/mol. The standard InChI is InChI=1S/C22H19N3O2S3/c1-11-6-7-12-17(10-11)30-22(18(12)19(23)26)25-20(27)15-8-9-16(28-15)21-24-13-4-2-3-5-14(13)29-21/h2-5,8-9,11H,6-7,10H2,1H3,(H2,23,26)(H,25,27). The highest BCUT2D eigenvalue weighted by Gasteiger charge is 2.27. The van der Waals surface area contributed by atoms with Crippen LogP contribution in [0.25, 0.3) is 20.1 Å². The summed E-state index contributed by atoms with van der Waals surface area (Å²) in [7, 11) is 0. The van der Waals surface area contributed by atoms with Gasteiger partial charge in [-0.25, -0.2) is 4.98 Å². The summed E-state index contributed by atoms with van der Waals surface area (Å²) in [6.07, 6.45) is 2.80. The Balaban J connectivity index is 1.42. The molecule has 2 amide bonds. The molecule has 3 aromatic heterocycles. The number of carbonyl (C=O) groups is 2. The number of thiophene rings is 2. The molecule has 3 N–H and O–H groups in total. The van der Waals surface area contributed by atoms with Gasteiger partial charge in [0, 0.05) is 4.88 Å². The number of para-hydroxylation sites is 1. The Morgan fingerprint density at radius 2 is 1.97 bits per heavy atom. The Morgan fingerprint density at radius 1 is 1.13 bits per heavy atom. The molecule has 1 atom stereocenters. The number of thiazole rings is 1. The molecule has 1 aromatic carbocycles. The van der Waals surface area contributed by atoms with Crippen LogP contribution in [0.1, 0.15) is 43.8 Å². The van der Waals surface area contributed by atoms with Crippen LogP contribution in [0.5, 0.6) is 0 Å². The largest absolute Gasteiger partial charge is 0.365 e. The monoisotopic (exact) mass is 453 g/mol. The molecule has 3 heterocycles. The van der Waals surface area contributed by atoms with Crippen LogP contribution in [0.4, 0.5) is 5.00 Å². The van der Waals surface area contributed by atoms with E-state index in [9.17, 15) is 9.59 Å². The van der Waals surface area contributed by atoms with E-state index in [2.05, 4.69) is 17.2 Å². The van der Waals surface area contributed by atoms with E-state index in [1.165, 1.54) is 27.6 Å². The van der Waals surface area contributed by atoms with Crippen molar-refractivity contribution in [3.63, 3.8) is 0 Å². The number of hydrogen-bond donors (Lipinski definition) is 2. The van der Waals surface area contributed by atoms with Crippen LogP contribution in [0.2, 0.25) is 0 Å². The van der Waals surface area contributed by atoms with Crippen molar-refractivity contribution in [2.75, 3.05) is 5.32 Å². The van der Waals surface area contributed by atoms with Crippen molar-refractivity contribution < 1.29 is 9.59 Å². The van der Waals surface area contributed by atoms with Gasteiger partial charge < -0.3 is 11.1 Å². The highest BCUT2D eigenvalue weighted by molar-refractivity contribution is 7.26. The summed E-state index contributed by atoms with van der Waals surface area (Å²) in [5.74, 6) is -0.116. The number of nitrogens with one attached hydrogen (secondary N) is 1. The van der Waals surface area contributed by atoms with Gasteiger partial charge in [-0.3, -0.25) is 9.59 Å². The summed E-state index contributed by atoms with van der Waals surface area (Å²) < 4.78 is 1.12. The first kappa shape index (κ1) is 19.4. The summed E-state index contributed by atoms with van der Waals surface area (Å²) in [6, 6.07) is 11.7. The Bertz CT molecular complexity index is 1250. The minimum Gasteiger partial charge on any atom is -0.365 e. The number of aromatic nitrogens is 1. The van der Waals surface area contributed by atoms with Crippen molar-refractivity contribution in [2.45, 2.75) is 26.2 Å². The molecule has 1 aliphatic rings. The fraction of sp³-hybridized carbons (Fsp3) is 0.227. The first-order valence-corrected chi connectivity index (χ1v) is 12.2. The van der Waals surface area contributed by atoms with Gasteiger partial charge in [-0.15, -0.1) is 34.0 Å². The van der Waals surface area contributed by atoms with Crippen LogP contribution in [0, 0.1) is 5.92 Å².